The third-order valence-corrected chi connectivity index (χ3v) is 6.19. The van der Waals surface area contributed by atoms with E-state index >= 15 is 0 Å². The molecule has 116 valence electrons. The summed E-state index contributed by atoms with van der Waals surface area (Å²) in [6.07, 6.45) is 1.09. The molecule has 5 nitrogen and oxygen atoms in total. The van der Waals surface area contributed by atoms with E-state index in [1.807, 2.05) is 18.2 Å². The van der Waals surface area contributed by atoms with Gasteiger partial charge in [-0.2, -0.15) is 0 Å². The molecular weight excluding hydrogens is 340 g/mol. The van der Waals surface area contributed by atoms with E-state index in [9.17, 15) is 13.2 Å². The van der Waals surface area contributed by atoms with Crippen LogP contribution >= 0.6 is 22.7 Å². The molecule has 0 aliphatic rings. The van der Waals surface area contributed by atoms with E-state index in [4.69, 9.17) is 0 Å². The highest BCUT2D eigenvalue weighted by Gasteiger charge is 2.13. The number of hydrogen-bond acceptors (Lipinski definition) is 5. The second kappa shape index (κ2) is 5.96. The lowest BCUT2D eigenvalue weighted by Crippen LogP contribution is -2.33. The zero-order valence-corrected chi connectivity index (χ0v) is 14.2. The molecule has 3 aromatic rings. The van der Waals surface area contributed by atoms with E-state index in [0.717, 1.165) is 15.7 Å². The van der Waals surface area contributed by atoms with Gasteiger partial charge in [-0.3, -0.25) is 4.79 Å². The average molecular weight is 354 g/mol. The molecule has 1 amide bonds. The van der Waals surface area contributed by atoms with E-state index < -0.39 is 10.0 Å². The van der Waals surface area contributed by atoms with Gasteiger partial charge in [-0.15, -0.1) is 22.7 Å². The molecular formula is C14H14N2O3S3. The van der Waals surface area contributed by atoms with Gasteiger partial charge in [0.15, 0.2) is 0 Å². The van der Waals surface area contributed by atoms with Crippen LogP contribution in [0.25, 0.3) is 19.5 Å². The summed E-state index contributed by atoms with van der Waals surface area (Å²) in [5.74, 6) is -0.173. The van der Waals surface area contributed by atoms with Gasteiger partial charge in [-0.05, 0) is 12.1 Å². The fourth-order valence-electron chi connectivity index (χ4n) is 2.11. The predicted molar refractivity (Wildman–Crippen MR) is 92.4 cm³/mol. The molecule has 0 radical (unpaired) electrons. The van der Waals surface area contributed by atoms with Crippen molar-refractivity contribution >= 4 is 58.1 Å². The van der Waals surface area contributed by atoms with E-state index in [2.05, 4.69) is 22.2 Å². The van der Waals surface area contributed by atoms with Crippen LogP contribution < -0.4 is 10.0 Å². The van der Waals surface area contributed by atoms with E-state index in [1.165, 1.54) is 21.4 Å². The molecule has 0 saturated heterocycles. The minimum absolute atomic E-state index is 0.173. The second-order valence-corrected chi connectivity index (χ2v) is 8.79. The molecule has 22 heavy (non-hydrogen) atoms. The topological polar surface area (TPSA) is 75.3 Å². The number of thiophene rings is 2. The van der Waals surface area contributed by atoms with Gasteiger partial charge in [0, 0.05) is 27.9 Å². The molecule has 1 aromatic carbocycles. The summed E-state index contributed by atoms with van der Waals surface area (Å²) in [5, 5.41) is 3.89. The van der Waals surface area contributed by atoms with Crippen molar-refractivity contribution in [2.45, 2.75) is 0 Å². The first-order chi connectivity index (χ1) is 10.4. The Morgan fingerprint density at radius 1 is 1.14 bits per heavy atom. The Hall–Kier alpha value is -1.48. The van der Waals surface area contributed by atoms with Gasteiger partial charge in [0.2, 0.25) is 10.0 Å². The zero-order chi connectivity index (χ0) is 15.7. The van der Waals surface area contributed by atoms with Crippen LogP contribution in [-0.4, -0.2) is 33.7 Å². The highest BCUT2D eigenvalue weighted by molar-refractivity contribution is 7.88. The second-order valence-electron chi connectivity index (χ2n) is 4.82. The summed E-state index contributed by atoms with van der Waals surface area (Å²) >= 11 is 3.14. The molecule has 0 spiro atoms. The first kappa shape index (κ1) is 15.4. The summed E-state index contributed by atoms with van der Waals surface area (Å²) in [6, 6.07) is 10.0. The molecule has 0 aliphatic carbocycles. The lowest BCUT2D eigenvalue weighted by molar-refractivity contribution is 0.0958. The van der Waals surface area contributed by atoms with Crippen molar-refractivity contribution in [3.05, 3.63) is 35.2 Å². The fraction of sp³-hybridized carbons (Fsp3) is 0.214. The molecule has 0 bridgehead atoms. The largest absolute Gasteiger partial charge is 0.350 e. The third-order valence-electron chi connectivity index (χ3n) is 3.05. The van der Waals surface area contributed by atoms with Crippen molar-refractivity contribution in [2.24, 2.45) is 0 Å². The van der Waals surface area contributed by atoms with Gasteiger partial charge in [0.25, 0.3) is 5.91 Å². The molecule has 3 rings (SSSR count). The van der Waals surface area contributed by atoms with E-state index in [0.29, 0.717) is 4.88 Å². The number of nitrogens with one attached hydrogen (secondary N) is 2. The summed E-state index contributed by atoms with van der Waals surface area (Å²) < 4.78 is 27.6. The Labute approximate surface area is 136 Å². The predicted octanol–water partition coefficient (Wildman–Crippen LogP) is 2.40. The summed E-state index contributed by atoms with van der Waals surface area (Å²) in [5.41, 5.74) is 0. The lowest BCUT2D eigenvalue weighted by Gasteiger charge is -2.03. The fourth-order valence-corrected chi connectivity index (χ4v) is 5.03. The van der Waals surface area contributed by atoms with Gasteiger partial charge in [0.05, 0.1) is 15.8 Å². The van der Waals surface area contributed by atoms with Crippen LogP contribution in [0.2, 0.25) is 0 Å². The van der Waals surface area contributed by atoms with Gasteiger partial charge < -0.3 is 5.32 Å². The minimum Gasteiger partial charge on any atom is -0.350 e. The summed E-state index contributed by atoms with van der Waals surface area (Å²) in [6.45, 7) is 0.450. The molecule has 0 fully saturated rings. The van der Waals surface area contributed by atoms with Crippen LogP contribution in [-0.2, 0) is 10.0 Å². The molecule has 2 aromatic heterocycles. The van der Waals surface area contributed by atoms with Gasteiger partial charge >= 0.3 is 0 Å². The van der Waals surface area contributed by atoms with Crippen molar-refractivity contribution in [2.75, 3.05) is 19.3 Å². The lowest BCUT2D eigenvalue weighted by atomic mass is 10.2. The van der Waals surface area contributed by atoms with Crippen molar-refractivity contribution < 1.29 is 13.2 Å². The van der Waals surface area contributed by atoms with Gasteiger partial charge in [0.1, 0.15) is 0 Å². The maximum absolute atomic E-state index is 12.1. The molecule has 8 heteroatoms. The Morgan fingerprint density at radius 2 is 1.91 bits per heavy atom. The van der Waals surface area contributed by atoms with Crippen molar-refractivity contribution in [3.8, 4) is 0 Å². The standard InChI is InChI=1S/C14H14N2O3S3/c1-22(18,19)16-7-6-15-14(17)12-8-11-13(21-12)9-4-2-3-5-10(9)20-11/h2-5,8,16H,6-7H2,1H3,(H,15,17). The molecule has 0 saturated carbocycles. The van der Waals surface area contributed by atoms with Crippen molar-refractivity contribution in [1.82, 2.24) is 10.0 Å². The Kier molecular flexibility index (Phi) is 4.18. The SMILES string of the molecule is CS(=O)(=O)NCCNC(=O)c1cc2sc3ccccc3c2s1. The number of carbonyl (C=O) groups is 1. The van der Waals surface area contributed by atoms with Crippen LogP contribution in [0.3, 0.4) is 0 Å². The third kappa shape index (κ3) is 3.30. The van der Waals surface area contributed by atoms with Crippen LogP contribution in [0.4, 0.5) is 0 Å². The highest BCUT2D eigenvalue weighted by atomic mass is 32.2. The number of amides is 1. The van der Waals surface area contributed by atoms with Gasteiger partial charge in [-0.25, -0.2) is 13.1 Å². The monoisotopic (exact) mass is 354 g/mol. The van der Waals surface area contributed by atoms with Crippen LogP contribution in [0.1, 0.15) is 9.67 Å². The van der Waals surface area contributed by atoms with Crippen LogP contribution in [0.5, 0.6) is 0 Å². The van der Waals surface area contributed by atoms with E-state index in [1.54, 1.807) is 11.3 Å². The number of carbonyl (C=O) groups excluding carboxylic acids is 1. The van der Waals surface area contributed by atoms with E-state index in [-0.39, 0.29) is 19.0 Å². The number of sulfonamides is 1. The quantitative estimate of drug-likeness (QED) is 0.691. The molecule has 2 heterocycles. The van der Waals surface area contributed by atoms with Crippen LogP contribution in [0.15, 0.2) is 30.3 Å². The first-order valence-corrected chi connectivity index (χ1v) is 10.1. The van der Waals surface area contributed by atoms with Gasteiger partial charge in [-0.1, -0.05) is 18.2 Å². The molecule has 2 N–H and O–H groups in total. The normalized spacial score (nSPS) is 12.0. The van der Waals surface area contributed by atoms with Crippen LogP contribution in [0, 0.1) is 0 Å². The number of hydrogen-bond donors (Lipinski definition) is 2. The summed E-state index contributed by atoms with van der Waals surface area (Å²) in [4.78, 5) is 12.7. The van der Waals surface area contributed by atoms with Crippen molar-refractivity contribution in [3.63, 3.8) is 0 Å². The maximum Gasteiger partial charge on any atom is 0.261 e. The smallest absolute Gasteiger partial charge is 0.261 e. The Bertz CT molecular complexity index is 941. The van der Waals surface area contributed by atoms with Crippen molar-refractivity contribution in [1.29, 1.82) is 0 Å². The minimum atomic E-state index is -3.22. The summed E-state index contributed by atoms with van der Waals surface area (Å²) in [7, 11) is -3.22. The number of fused-ring (bicyclic) bond motifs is 3. The number of benzene rings is 1. The Morgan fingerprint density at radius 3 is 2.68 bits per heavy atom. The molecule has 0 atom stereocenters. The molecule has 0 aliphatic heterocycles. The highest BCUT2D eigenvalue weighted by Crippen LogP contribution is 2.39. The Balaban J connectivity index is 1.72. The first-order valence-electron chi connectivity index (χ1n) is 6.58. The maximum atomic E-state index is 12.1. The average Bonchev–Trinajstić information content (AvgIpc) is 3.00. The zero-order valence-electron chi connectivity index (χ0n) is 11.8. The molecule has 0 unspecified atom stereocenters. The number of rotatable bonds is 5.